The van der Waals surface area contributed by atoms with Gasteiger partial charge >= 0.3 is 0 Å². The fraction of sp³-hybridized carbons (Fsp3) is 0.526. The van der Waals surface area contributed by atoms with Crippen LogP contribution in [0.15, 0.2) is 24.3 Å². The van der Waals surface area contributed by atoms with Gasteiger partial charge < -0.3 is 15.8 Å². The Bertz CT molecular complexity index is 722. The summed E-state index contributed by atoms with van der Waals surface area (Å²) >= 11 is 1.37. The fourth-order valence-electron chi connectivity index (χ4n) is 3.10. The summed E-state index contributed by atoms with van der Waals surface area (Å²) in [5.41, 5.74) is 6.38. The Morgan fingerprint density at radius 3 is 2.88 bits per heavy atom. The number of aromatic nitrogens is 1. The first-order valence-corrected chi connectivity index (χ1v) is 10.0. The van der Waals surface area contributed by atoms with Crippen molar-refractivity contribution in [3.05, 3.63) is 29.3 Å². The summed E-state index contributed by atoms with van der Waals surface area (Å²) in [4.78, 5) is 30.0. The number of para-hydroxylation sites is 1. The Balaban J connectivity index is 1.73. The van der Waals surface area contributed by atoms with Crippen molar-refractivity contribution >= 4 is 33.2 Å². The molecule has 0 aliphatic carbocycles. The normalized spacial score (nSPS) is 18.6. The third-order valence-electron chi connectivity index (χ3n) is 4.56. The van der Waals surface area contributed by atoms with E-state index in [0.717, 1.165) is 35.9 Å². The molecule has 7 heteroatoms. The number of carbonyl (C=O) groups excluding carboxylic acids is 2. The van der Waals surface area contributed by atoms with Crippen LogP contribution < -0.4 is 11.1 Å². The molecule has 0 unspecified atom stereocenters. The lowest BCUT2D eigenvalue weighted by Crippen LogP contribution is -2.47. The first kappa shape index (κ1) is 18.9. The zero-order chi connectivity index (χ0) is 18.4. The third kappa shape index (κ3) is 4.66. The van der Waals surface area contributed by atoms with Gasteiger partial charge in [-0.3, -0.25) is 9.59 Å². The predicted octanol–water partition coefficient (Wildman–Crippen LogP) is 2.66. The summed E-state index contributed by atoms with van der Waals surface area (Å²) in [5, 5.41) is 3.34. The van der Waals surface area contributed by atoms with Crippen LogP contribution >= 0.6 is 11.3 Å². The molecule has 1 aliphatic rings. The second-order valence-electron chi connectivity index (χ2n) is 6.55. The van der Waals surface area contributed by atoms with Gasteiger partial charge in [0.1, 0.15) is 6.10 Å². The van der Waals surface area contributed by atoms with Crippen molar-refractivity contribution in [2.45, 2.75) is 50.7 Å². The van der Waals surface area contributed by atoms with Gasteiger partial charge in [-0.25, -0.2) is 4.98 Å². The molecule has 26 heavy (non-hydrogen) atoms. The van der Waals surface area contributed by atoms with E-state index in [1.54, 1.807) is 0 Å². The van der Waals surface area contributed by atoms with Gasteiger partial charge in [0.05, 0.1) is 16.3 Å². The van der Waals surface area contributed by atoms with E-state index in [4.69, 9.17) is 10.5 Å². The number of hydrogen-bond acceptors (Lipinski definition) is 6. The summed E-state index contributed by atoms with van der Waals surface area (Å²) in [7, 11) is 0. The molecule has 140 valence electrons. The van der Waals surface area contributed by atoms with E-state index in [1.165, 1.54) is 11.3 Å². The van der Waals surface area contributed by atoms with Gasteiger partial charge in [0.25, 0.3) is 0 Å². The molecule has 0 bridgehead atoms. The number of ketones is 1. The summed E-state index contributed by atoms with van der Waals surface area (Å²) in [6, 6.07) is 7.08. The Hall–Kier alpha value is -1.83. The SMILES string of the molecule is NCCCC[C@H](NC(=O)[C@H]1CCCCO1)C(=O)c1nc2ccccc2s1. The van der Waals surface area contributed by atoms with Crippen LogP contribution in [0.2, 0.25) is 0 Å². The molecule has 0 saturated carbocycles. The molecule has 1 fully saturated rings. The van der Waals surface area contributed by atoms with Crippen molar-refractivity contribution in [1.82, 2.24) is 10.3 Å². The highest BCUT2D eigenvalue weighted by molar-refractivity contribution is 7.20. The molecule has 2 atom stereocenters. The van der Waals surface area contributed by atoms with Crippen LogP contribution in [0.25, 0.3) is 10.2 Å². The number of thiazole rings is 1. The quantitative estimate of drug-likeness (QED) is 0.546. The first-order valence-electron chi connectivity index (χ1n) is 9.21. The number of nitrogens with two attached hydrogens (primary N) is 1. The maximum Gasteiger partial charge on any atom is 0.249 e. The van der Waals surface area contributed by atoms with Crippen LogP contribution in [0.4, 0.5) is 0 Å². The van der Waals surface area contributed by atoms with Gasteiger partial charge in [0.15, 0.2) is 5.01 Å². The molecule has 1 aromatic carbocycles. The van der Waals surface area contributed by atoms with Gasteiger partial charge in [0.2, 0.25) is 11.7 Å². The topological polar surface area (TPSA) is 94.3 Å². The van der Waals surface area contributed by atoms with Crippen LogP contribution in [0.3, 0.4) is 0 Å². The van der Waals surface area contributed by atoms with Crippen molar-refractivity contribution in [2.75, 3.05) is 13.2 Å². The average Bonchev–Trinajstić information content (AvgIpc) is 3.11. The first-order chi connectivity index (χ1) is 12.7. The number of benzene rings is 1. The standard InChI is InChI=1S/C19H25N3O3S/c20-11-5-3-8-14(21-18(24)15-9-4-6-12-25-15)17(23)19-22-13-7-1-2-10-16(13)26-19/h1-2,7,10,14-15H,3-6,8-9,11-12,20H2,(H,21,24)/t14-,15+/m0/s1. The van der Waals surface area contributed by atoms with Gasteiger partial charge in [-0.15, -0.1) is 11.3 Å². The van der Waals surface area contributed by atoms with E-state index in [0.29, 0.717) is 31.0 Å². The van der Waals surface area contributed by atoms with E-state index in [2.05, 4.69) is 10.3 Å². The number of nitrogens with zero attached hydrogens (tertiary/aromatic N) is 1. The number of fused-ring (bicyclic) bond motifs is 1. The van der Waals surface area contributed by atoms with Gasteiger partial charge in [-0.05, 0) is 57.2 Å². The molecule has 6 nitrogen and oxygen atoms in total. The molecule has 2 aromatic rings. The summed E-state index contributed by atoms with van der Waals surface area (Å²) < 4.78 is 6.51. The van der Waals surface area contributed by atoms with Gasteiger partial charge in [0, 0.05) is 6.61 Å². The zero-order valence-corrected chi connectivity index (χ0v) is 15.6. The van der Waals surface area contributed by atoms with Crippen LogP contribution in [-0.4, -0.2) is 42.0 Å². The van der Waals surface area contributed by atoms with Crippen molar-refractivity contribution in [2.24, 2.45) is 5.73 Å². The lowest BCUT2D eigenvalue weighted by Gasteiger charge is -2.24. The predicted molar refractivity (Wildman–Crippen MR) is 102 cm³/mol. The molecule has 0 spiro atoms. The van der Waals surface area contributed by atoms with Crippen LogP contribution in [0, 0.1) is 0 Å². The maximum atomic E-state index is 13.0. The van der Waals surface area contributed by atoms with Crippen molar-refractivity contribution < 1.29 is 14.3 Å². The second-order valence-corrected chi connectivity index (χ2v) is 7.58. The Morgan fingerprint density at radius 1 is 1.31 bits per heavy atom. The zero-order valence-electron chi connectivity index (χ0n) is 14.8. The number of Topliss-reactive ketones (excluding diaryl/α,β-unsaturated/α-hetero) is 1. The fourth-order valence-corrected chi connectivity index (χ4v) is 4.06. The molecular formula is C19H25N3O3S. The number of nitrogens with one attached hydrogen (secondary N) is 1. The Morgan fingerprint density at radius 2 is 2.15 bits per heavy atom. The number of ether oxygens (including phenoxy) is 1. The minimum absolute atomic E-state index is 0.132. The van der Waals surface area contributed by atoms with Crippen LogP contribution in [0.1, 0.15) is 48.3 Å². The van der Waals surface area contributed by atoms with Crippen molar-refractivity contribution in [1.29, 1.82) is 0 Å². The Labute approximate surface area is 157 Å². The van der Waals surface area contributed by atoms with E-state index < -0.39 is 12.1 Å². The monoisotopic (exact) mass is 375 g/mol. The maximum absolute atomic E-state index is 13.0. The lowest BCUT2D eigenvalue weighted by atomic mass is 10.0. The molecule has 0 radical (unpaired) electrons. The summed E-state index contributed by atoms with van der Waals surface area (Å²) in [5.74, 6) is -0.329. The summed E-state index contributed by atoms with van der Waals surface area (Å²) in [6.45, 7) is 1.17. The highest BCUT2D eigenvalue weighted by Gasteiger charge is 2.29. The minimum Gasteiger partial charge on any atom is -0.368 e. The molecular weight excluding hydrogens is 350 g/mol. The number of rotatable bonds is 8. The largest absolute Gasteiger partial charge is 0.368 e. The highest BCUT2D eigenvalue weighted by Crippen LogP contribution is 2.23. The summed E-state index contributed by atoms with van der Waals surface area (Å²) in [6.07, 6.45) is 4.36. The molecule has 1 amide bonds. The molecule has 3 rings (SSSR count). The number of carbonyl (C=O) groups is 2. The number of amides is 1. The highest BCUT2D eigenvalue weighted by atomic mass is 32.1. The van der Waals surface area contributed by atoms with E-state index in [1.807, 2.05) is 24.3 Å². The van der Waals surface area contributed by atoms with Crippen LogP contribution in [0.5, 0.6) is 0 Å². The van der Waals surface area contributed by atoms with Crippen molar-refractivity contribution in [3.63, 3.8) is 0 Å². The minimum atomic E-state index is -0.583. The molecule has 2 heterocycles. The van der Waals surface area contributed by atoms with E-state index >= 15 is 0 Å². The molecule has 1 aliphatic heterocycles. The van der Waals surface area contributed by atoms with Gasteiger partial charge in [-0.1, -0.05) is 12.1 Å². The van der Waals surface area contributed by atoms with Crippen LogP contribution in [-0.2, 0) is 9.53 Å². The number of unbranched alkanes of at least 4 members (excludes halogenated alkanes) is 1. The number of hydrogen-bond donors (Lipinski definition) is 2. The van der Waals surface area contributed by atoms with E-state index in [-0.39, 0.29) is 11.7 Å². The smallest absolute Gasteiger partial charge is 0.249 e. The second kappa shape index (κ2) is 9.21. The third-order valence-corrected chi connectivity index (χ3v) is 5.61. The van der Waals surface area contributed by atoms with E-state index in [9.17, 15) is 9.59 Å². The van der Waals surface area contributed by atoms with Crippen molar-refractivity contribution in [3.8, 4) is 0 Å². The molecule has 1 saturated heterocycles. The molecule has 1 aromatic heterocycles. The Kier molecular flexibility index (Phi) is 6.71. The average molecular weight is 375 g/mol. The lowest BCUT2D eigenvalue weighted by molar-refractivity contribution is -0.136. The van der Waals surface area contributed by atoms with Gasteiger partial charge in [-0.2, -0.15) is 0 Å². The molecule has 3 N–H and O–H groups in total.